The number of sulfonamides is 1. The van der Waals surface area contributed by atoms with Crippen LogP contribution in [0.1, 0.15) is 24.3 Å². The monoisotopic (exact) mass is 562 g/mol. The fourth-order valence-electron chi connectivity index (χ4n) is 3.90. The van der Waals surface area contributed by atoms with Crippen molar-refractivity contribution in [3.8, 4) is 5.75 Å². The molecule has 0 radical (unpaired) electrons. The number of H-pyrrole nitrogens is 1. The zero-order valence-corrected chi connectivity index (χ0v) is 19.9. The van der Waals surface area contributed by atoms with Crippen LogP contribution in [0.4, 0.5) is 8.78 Å². The van der Waals surface area contributed by atoms with Gasteiger partial charge in [-0.05, 0) is 80.4 Å². The summed E-state index contributed by atoms with van der Waals surface area (Å²) in [7, 11) is -2.59. The fraction of sp³-hybridized carbons (Fsp3) is 0.300. The van der Waals surface area contributed by atoms with E-state index < -0.39 is 31.0 Å². The molecule has 0 unspecified atom stereocenters. The predicted octanol–water partition coefficient (Wildman–Crippen LogP) is 5.55. The molecule has 3 aromatic rings. The van der Waals surface area contributed by atoms with E-state index in [0.717, 1.165) is 28.3 Å². The van der Waals surface area contributed by atoms with Gasteiger partial charge in [0.1, 0.15) is 16.5 Å². The Bertz CT molecular complexity index is 1200. The molecule has 4 rings (SSSR count). The highest BCUT2D eigenvalue weighted by Gasteiger charge is 2.35. The summed E-state index contributed by atoms with van der Waals surface area (Å²) in [5, 5.41) is 1.04. The Kier molecular flexibility index (Phi) is 5.95. The summed E-state index contributed by atoms with van der Waals surface area (Å²) in [5.41, 5.74) is 2.08. The van der Waals surface area contributed by atoms with E-state index in [4.69, 9.17) is 4.74 Å². The molecule has 1 N–H and O–H groups in total. The molecule has 30 heavy (non-hydrogen) atoms. The average Bonchev–Trinajstić information content (AvgIpc) is 3.15. The number of halogens is 4. The van der Waals surface area contributed by atoms with Crippen molar-refractivity contribution in [2.75, 3.05) is 20.2 Å². The molecule has 0 aliphatic carbocycles. The van der Waals surface area contributed by atoms with Gasteiger partial charge in [0, 0.05) is 30.2 Å². The van der Waals surface area contributed by atoms with Crippen molar-refractivity contribution < 1.29 is 21.9 Å². The molecule has 2 aromatic carbocycles. The summed E-state index contributed by atoms with van der Waals surface area (Å²) in [6.07, 6.45) is 3.08. The van der Waals surface area contributed by atoms with Crippen LogP contribution in [-0.2, 0) is 10.0 Å². The number of benzene rings is 2. The number of hydrogen-bond acceptors (Lipinski definition) is 3. The van der Waals surface area contributed by atoms with Crippen molar-refractivity contribution >= 4 is 52.8 Å². The van der Waals surface area contributed by atoms with Crippen molar-refractivity contribution in [2.24, 2.45) is 0 Å². The largest absolute Gasteiger partial charge is 0.497 e. The number of ether oxygens (including phenoxy) is 1. The lowest BCUT2D eigenvalue weighted by Crippen LogP contribution is -2.38. The molecular weight excluding hydrogens is 546 g/mol. The van der Waals surface area contributed by atoms with Gasteiger partial charge in [-0.15, -0.1) is 0 Å². The molecule has 1 aliphatic rings. The molecule has 1 saturated heterocycles. The van der Waals surface area contributed by atoms with Gasteiger partial charge in [0.25, 0.3) is 0 Å². The molecule has 160 valence electrons. The van der Waals surface area contributed by atoms with Crippen LogP contribution >= 0.6 is 31.9 Å². The first kappa shape index (κ1) is 21.7. The third kappa shape index (κ3) is 3.68. The predicted molar refractivity (Wildman–Crippen MR) is 117 cm³/mol. The van der Waals surface area contributed by atoms with Gasteiger partial charge in [0.2, 0.25) is 10.0 Å². The first-order valence-corrected chi connectivity index (χ1v) is 12.2. The number of rotatable bonds is 4. The molecular formula is C20H18Br2F2N2O3S. The normalized spacial score (nSPS) is 16.3. The van der Waals surface area contributed by atoms with E-state index in [0.29, 0.717) is 12.8 Å². The summed E-state index contributed by atoms with van der Waals surface area (Å²) >= 11 is 5.78. The lowest BCUT2D eigenvalue weighted by molar-refractivity contribution is 0.318. The smallest absolute Gasteiger partial charge is 0.247 e. The maximum Gasteiger partial charge on any atom is 0.247 e. The van der Waals surface area contributed by atoms with Gasteiger partial charge in [0.05, 0.1) is 16.1 Å². The van der Waals surface area contributed by atoms with Crippen LogP contribution in [0.2, 0.25) is 0 Å². The van der Waals surface area contributed by atoms with Crippen molar-refractivity contribution in [1.29, 1.82) is 0 Å². The number of nitrogens with one attached hydrogen (secondary N) is 1. The first-order valence-electron chi connectivity index (χ1n) is 9.22. The van der Waals surface area contributed by atoms with E-state index in [1.807, 2.05) is 24.4 Å². The van der Waals surface area contributed by atoms with Crippen molar-refractivity contribution in [2.45, 2.75) is 23.7 Å². The number of methoxy groups -OCH3 is 1. The topological polar surface area (TPSA) is 62.4 Å². The first-order chi connectivity index (χ1) is 14.2. The molecule has 0 bridgehead atoms. The molecule has 1 fully saturated rings. The number of aromatic nitrogens is 1. The van der Waals surface area contributed by atoms with Crippen LogP contribution in [0.15, 0.2) is 44.3 Å². The number of hydrogen-bond donors (Lipinski definition) is 1. The van der Waals surface area contributed by atoms with Crippen LogP contribution < -0.4 is 4.74 Å². The second-order valence-electron chi connectivity index (χ2n) is 7.13. The molecule has 0 saturated carbocycles. The highest BCUT2D eigenvalue weighted by molar-refractivity contribution is 9.11. The van der Waals surface area contributed by atoms with Crippen molar-refractivity contribution in [1.82, 2.24) is 9.29 Å². The summed E-state index contributed by atoms with van der Waals surface area (Å²) < 4.78 is 60.6. The van der Waals surface area contributed by atoms with Crippen LogP contribution in [0, 0.1) is 11.6 Å². The molecule has 1 aliphatic heterocycles. The van der Waals surface area contributed by atoms with Crippen LogP contribution in [0.5, 0.6) is 5.75 Å². The minimum absolute atomic E-state index is 0.143. The van der Waals surface area contributed by atoms with Gasteiger partial charge < -0.3 is 9.72 Å². The Hall–Kier alpha value is -1.49. The molecule has 0 amide bonds. The Labute approximate surface area is 189 Å². The SMILES string of the molecule is COc1ccc2[nH]cc(C3CCN(S(=O)(=O)c4c(F)c(Br)cc(F)c4Br)CC3)c2c1. The second kappa shape index (κ2) is 8.22. The van der Waals surface area contributed by atoms with Crippen LogP contribution in [0.25, 0.3) is 10.9 Å². The van der Waals surface area contributed by atoms with Gasteiger partial charge in [-0.3, -0.25) is 0 Å². The fourth-order valence-corrected chi connectivity index (χ4v) is 6.94. The number of fused-ring (bicyclic) bond motifs is 1. The van der Waals surface area contributed by atoms with E-state index in [9.17, 15) is 17.2 Å². The highest BCUT2D eigenvalue weighted by Crippen LogP contribution is 2.38. The Morgan fingerprint density at radius 2 is 1.87 bits per heavy atom. The third-order valence-electron chi connectivity index (χ3n) is 5.48. The molecule has 0 atom stereocenters. The summed E-state index contributed by atoms with van der Waals surface area (Å²) in [6, 6.07) is 6.68. The Morgan fingerprint density at radius 3 is 2.53 bits per heavy atom. The highest BCUT2D eigenvalue weighted by atomic mass is 79.9. The van der Waals surface area contributed by atoms with E-state index >= 15 is 0 Å². The Balaban J connectivity index is 1.60. The van der Waals surface area contributed by atoms with Gasteiger partial charge >= 0.3 is 0 Å². The lowest BCUT2D eigenvalue weighted by Gasteiger charge is -2.31. The van der Waals surface area contributed by atoms with E-state index in [1.54, 1.807) is 7.11 Å². The zero-order valence-electron chi connectivity index (χ0n) is 15.9. The number of nitrogens with zero attached hydrogens (tertiary/aromatic N) is 1. The molecule has 2 heterocycles. The van der Waals surface area contributed by atoms with E-state index in [1.165, 1.54) is 4.31 Å². The van der Waals surface area contributed by atoms with Crippen molar-refractivity contribution in [3.63, 3.8) is 0 Å². The van der Waals surface area contributed by atoms with Crippen LogP contribution in [-0.4, -0.2) is 37.9 Å². The standard InChI is InChI=1S/C20H18Br2F2N2O3S/c1-29-12-2-3-17-13(8-12)14(10-25-17)11-4-6-26(7-5-11)30(27,28)20-18(22)16(23)9-15(21)19(20)24/h2-3,8-11,25H,4-7H2,1H3. The van der Waals surface area contributed by atoms with Crippen LogP contribution in [0.3, 0.4) is 0 Å². The van der Waals surface area contributed by atoms with Gasteiger partial charge in [-0.1, -0.05) is 0 Å². The summed E-state index contributed by atoms with van der Waals surface area (Å²) in [5.74, 6) is -0.955. The number of aromatic amines is 1. The average molecular weight is 564 g/mol. The van der Waals surface area contributed by atoms with Gasteiger partial charge in [0.15, 0.2) is 5.82 Å². The van der Waals surface area contributed by atoms with Crippen molar-refractivity contribution in [3.05, 3.63) is 56.6 Å². The minimum Gasteiger partial charge on any atom is -0.497 e. The lowest BCUT2D eigenvalue weighted by atomic mass is 9.90. The van der Waals surface area contributed by atoms with Gasteiger partial charge in [-0.2, -0.15) is 4.31 Å². The summed E-state index contributed by atoms with van der Waals surface area (Å²) in [4.78, 5) is 2.57. The zero-order chi connectivity index (χ0) is 21.6. The quantitative estimate of drug-likeness (QED) is 0.423. The van der Waals surface area contributed by atoms with E-state index in [-0.39, 0.29) is 23.5 Å². The molecule has 10 heteroatoms. The second-order valence-corrected chi connectivity index (χ2v) is 10.7. The number of piperidine rings is 1. The minimum atomic E-state index is -4.20. The Morgan fingerprint density at radius 1 is 1.17 bits per heavy atom. The maximum atomic E-state index is 14.6. The summed E-state index contributed by atoms with van der Waals surface area (Å²) in [6.45, 7) is 0.424. The molecule has 1 aromatic heterocycles. The maximum absolute atomic E-state index is 14.6. The molecule has 5 nitrogen and oxygen atoms in total. The van der Waals surface area contributed by atoms with E-state index in [2.05, 4.69) is 36.8 Å². The molecule has 0 spiro atoms. The third-order valence-corrected chi connectivity index (χ3v) is 9.04. The van der Waals surface area contributed by atoms with Gasteiger partial charge in [-0.25, -0.2) is 17.2 Å².